The van der Waals surface area contributed by atoms with Gasteiger partial charge in [-0.3, -0.25) is 14.6 Å². The van der Waals surface area contributed by atoms with Crippen molar-refractivity contribution >= 4 is 35.0 Å². The van der Waals surface area contributed by atoms with Gasteiger partial charge in [0.25, 0.3) is 5.91 Å². The van der Waals surface area contributed by atoms with E-state index in [0.717, 1.165) is 30.6 Å². The fraction of sp³-hybridized carbons (Fsp3) is 0.375. The van der Waals surface area contributed by atoms with Gasteiger partial charge in [-0.15, -0.1) is 5.10 Å². The third kappa shape index (κ3) is 5.99. The number of nitrogens with two attached hydrogens (primary N) is 1. The van der Waals surface area contributed by atoms with Gasteiger partial charge in [0.2, 0.25) is 5.91 Å². The molecule has 2 aliphatic heterocycles. The average Bonchev–Trinajstić information content (AvgIpc) is 3.77. The van der Waals surface area contributed by atoms with Crippen molar-refractivity contribution < 1.29 is 14.3 Å². The standard InChI is InChI=1S/C32H34Cl2N8O3/c1-45-27-8-6-23(42-21-37-38-39-42)19-24(27)29(43)41-17-10-31(20-41,22-5-7-25(33)26(34)18-22)9-14-40-15-11-32(12-16-40,30(35)44)28-4-2-3-13-36-28/h2-8,13,18-19,21H,9-12,14-17,20H2,1H3,(H2,35,44). The summed E-state index contributed by atoms with van der Waals surface area (Å²) in [4.78, 5) is 35.4. The summed E-state index contributed by atoms with van der Waals surface area (Å²) in [7, 11) is 1.55. The lowest BCUT2D eigenvalue weighted by Gasteiger charge is -2.40. The Morgan fingerprint density at radius 3 is 2.49 bits per heavy atom. The number of benzene rings is 2. The van der Waals surface area contributed by atoms with Gasteiger partial charge in [-0.25, -0.2) is 4.68 Å². The molecule has 2 aliphatic rings. The molecule has 2 fully saturated rings. The van der Waals surface area contributed by atoms with Crippen LogP contribution in [0.2, 0.25) is 10.0 Å². The molecule has 4 heterocycles. The molecule has 2 amide bonds. The summed E-state index contributed by atoms with van der Waals surface area (Å²) in [5, 5.41) is 12.3. The normalized spacial score (nSPS) is 19.8. The molecule has 2 N–H and O–H groups in total. The molecule has 0 bridgehead atoms. The lowest BCUT2D eigenvalue weighted by atomic mass is 9.73. The first-order valence-corrected chi connectivity index (χ1v) is 15.6. The number of carbonyl (C=O) groups excluding carboxylic acids is 2. The second-order valence-corrected chi connectivity index (χ2v) is 12.6. The minimum Gasteiger partial charge on any atom is -0.496 e. The van der Waals surface area contributed by atoms with Crippen molar-refractivity contribution in [1.82, 2.24) is 35.0 Å². The van der Waals surface area contributed by atoms with Crippen molar-refractivity contribution in [2.45, 2.75) is 36.5 Å². The number of hydrogen-bond acceptors (Lipinski definition) is 8. The van der Waals surface area contributed by atoms with Crippen LogP contribution in [0, 0.1) is 0 Å². The van der Waals surface area contributed by atoms with Crippen molar-refractivity contribution in [3.63, 3.8) is 0 Å². The number of ether oxygens (including phenoxy) is 1. The maximum absolute atomic E-state index is 14.0. The van der Waals surface area contributed by atoms with E-state index in [0.29, 0.717) is 66.1 Å². The van der Waals surface area contributed by atoms with Crippen LogP contribution in [-0.4, -0.2) is 86.6 Å². The smallest absolute Gasteiger partial charge is 0.257 e. The van der Waals surface area contributed by atoms with Crippen LogP contribution in [0.5, 0.6) is 5.75 Å². The maximum atomic E-state index is 14.0. The van der Waals surface area contributed by atoms with Crippen LogP contribution in [0.4, 0.5) is 0 Å². The Morgan fingerprint density at radius 1 is 1.00 bits per heavy atom. The highest BCUT2D eigenvalue weighted by atomic mass is 35.5. The molecular formula is C32H34Cl2N8O3. The molecule has 6 rings (SSSR count). The zero-order valence-electron chi connectivity index (χ0n) is 24.9. The summed E-state index contributed by atoms with van der Waals surface area (Å²) in [5.74, 6) is 0.00366. The third-order valence-corrected chi connectivity index (χ3v) is 10.2. The molecule has 0 spiro atoms. The Balaban J connectivity index is 1.23. The predicted octanol–water partition coefficient (Wildman–Crippen LogP) is 4.07. The Hall–Kier alpha value is -4.06. The van der Waals surface area contributed by atoms with E-state index in [1.165, 1.54) is 11.0 Å². The Bertz CT molecular complexity index is 1680. The number of rotatable bonds is 9. The minimum absolute atomic E-state index is 0.136. The molecule has 11 nitrogen and oxygen atoms in total. The van der Waals surface area contributed by atoms with Crippen molar-refractivity contribution in [3.05, 3.63) is 94.0 Å². The summed E-state index contributed by atoms with van der Waals surface area (Å²) in [6.45, 7) is 3.25. The largest absolute Gasteiger partial charge is 0.496 e. The van der Waals surface area contributed by atoms with E-state index in [-0.39, 0.29) is 17.2 Å². The number of halogens is 2. The zero-order chi connectivity index (χ0) is 31.6. The minimum atomic E-state index is -0.772. The number of methoxy groups -OCH3 is 1. The summed E-state index contributed by atoms with van der Waals surface area (Å²) in [5.41, 5.74) is 7.68. The lowest BCUT2D eigenvalue weighted by Crippen LogP contribution is -2.51. The molecule has 13 heteroatoms. The number of likely N-dealkylation sites (tertiary alicyclic amines) is 2. The molecule has 2 aromatic heterocycles. The van der Waals surface area contributed by atoms with E-state index in [9.17, 15) is 9.59 Å². The van der Waals surface area contributed by atoms with Gasteiger partial charge in [0.15, 0.2) is 0 Å². The van der Waals surface area contributed by atoms with Crippen LogP contribution >= 0.6 is 23.2 Å². The fourth-order valence-electron chi connectivity index (χ4n) is 6.72. The van der Waals surface area contributed by atoms with Gasteiger partial charge in [0, 0.05) is 24.7 Å². The second-order valence-electron chi connectivity index (χ2n) is 11.8. The van der Waals surface area contributed by atoms with Gasteiger partial charge in [0.05, 0.1) is 39.5 Å². The van der Waals surface area contributed by atoms with E-state index in [1.54, 1.807) is 31.5 Å². The van der Waals surface area contributed by atoms with Crippen molar-refractivity contribution in [2.24, 2.45) is 5.73 Å². The predicted molar refractivity (Wildman–Crippen MR) is 170 cm³/mol. The highest BCUT2D eigenvalue weighted by Crippen LogP contribution is 2.42. The van der Waals surface area contributed by atoms with E-state index < -0.39 is 5.41 Å². The number of hydrogen-bond donors (Lipinski definition) is 1. The van der Waals surface area contributed by atoms with Crippen LogP contribution in [0.15, 0.2) is 67.1 Å². The highest BCUT2D eigenvalue weighted by molar-refractivity contribution is 6.42. The number of nitrogens with zero attached hydrogens (tertiary/aromatic N) is 7. The number of aromatic nitrogens is 5. The monoisotopic (exact) mass is 648 g/mol. The van der Waals surface area contributed by atoms with Gasteiger partial charge in [0.1, 0.15) is 12.1 Å². The van der Waals surface area contributed by atoms with Crippen LogP contribution in [0.1, 0.15) is 47.3 Å². The summed E-state index contributed by atoms with van der Waals surface area (Å²) >= 11 is 12.8. The molecule has 2 saturated heterocycles. The van der Waals surface area contributed by atoms with Crippen LogP contribution in [0.25, 0.3) is 5.69 Å². The topological polar surface area (TPSA) is 132 Å². The van der Waals surface area contributed by atoms with E-state index in [2.05, 4.69) is 25.4 Å². The van der Waals surface area contributed by atoms with Crippen molar-refractivity contribution in [1.29, 1.82) is 0 Å². The van der Waals surface area contributed by atoms with Crippen LogP contribution < -0.4 is 10.5 Å². The summed E-state index contributed by atoms with van der Waals surface area (Å²) in [6, 6.07) is 16.7. The molecule has 4 aromatic rings. The molecule has 1 unspecified atom stereocenters. The number of tetrazole rings is 1. The first-order valence-electron chi connectivity index (χ1n) is 14.8. The van der Waals surface area contributed by atoms with Gasteiger partial charge in [-0.2, -0.15) is 0 Å². The Kier molecular flexibility index (Phi) is 8.76. The van der Waals surface area contributed by atoms with Gasteiger partial charge >= 0.3 is 0 Å². The summed E-state index contributed by atoms with van der Waals surface area (Å²) in [6.07, 6.45) is 5.91. The third-order valence-electron chi connectivity index (χ3n) is 9.44. The second kappa shape index (κ2) is 12.7. The summed E-state index contributed by atoms with van der Waals surface area (Å²) < 4.78 is 7.07. The van der Waals surface area contributed by atoms with Crippen LogP contribution in [-0.2, 0) is 15.6 Å². The first-order chi connectivity index (χ1) is 21.7. The fourth-order valence-corrected chi connectivity index (χ4v) is 7.01. The molecule has 45 heavy (non-hydrogen) atoms. The van der Waals surface area contributed by atoms with Crippen molar-refractivity contribution in [2.75, 3.05) is 39.8 Å². The van der Waals surface area contributed by atoms with Gasteiger partial charge < -0.3 is 20.3 Å². The molecule has 0 saturated carbocycles. The SMILES string of the molecule is COc1ccc(-n2cnnn2)cc1C(=O)N1CCC(CCN2CCC(C(N)=O)(c3ccccn3)CC2)(c2ccc(Cl)c(Cl)c2)C1. The first kappa shape index (κ1) is 30.9. The molecule has 234 valence electrons. The number of primary amides is 1. The average molecular weight is 650 g/mol. The molecule has 0 radical (unpaired) electrons. The van der Waals surface area contributed by atoms with Gasteiger partial charge in [-0.05, 0) is 104 Å². The van der Waals surface area contributed by atoms with Crippen LogP contribution in [0.3, 0.4) is 0 Å². The Labute approximate surface area is 271 Å². The maximum Gasteiger partial charge on any atom is 0.257 e. The van der Waals surface area contributed by atoms with E-state index >= 15 is 0 Å². The molecule has 2 aromatic carbocycles. The molecule has 0 aliphatic carbocycles. The Morgan fingerprint density at radius 2 is 1.82 bits per heavy atom. The van der Waals surface area contributed by atoms with E-state index in [1.807, 2.05) is 41.3 Å². The number of amides is 2. The van der Waals surface area contributed by atoms with Crippen molar-refractivity contribution in [3.8, 4) is 11.4 Å². The quantitative estimate of drug-likeness (QED) is 0.287. The zero-order valence-corrected chi connectivity index (χ0v) is 26.4. The van der Waals surface area contributed by atoms with Gasteiger partial charge in [-0.1, -0.05) is 35.3 Å². The highest BCUT2D eigenvalue weighted by Gasteiger charge is 2.45. The number of carbonyl (C=O) groups is 2. The molecular weight excluding hydrogens is 615 g/mol. The lowest BCUT2D eigenvalue weighted by molar-refractivity contribution is -0.125. The molecule has 1 atom stereocenters. The number of pyridine rings is 1. The van der Waals surface area contributed by atoms with E-state index in [4.69, 9.17) is 33.7 Å². The number of piperidine rings is 1.